The maximum Gasteiger partial charge on any atom is 0.0682 e. The van der Waals surface area contributed by atoms with Crippen molar-refractivity contribution < 1.29 is 0 Å². The molecule has 2 unspecified atom stereocenters. The highest BCUT2D eigenvalue weighted by molar-refractivity contribution is 14.2. The summed E-state index contributed by atoms with van der Waals surface area (Å²) in [5, 5.41) is 0. The van der Waals surface area contributed by atoms with Gasteiger partial charge in [0.25, 0.3) is 0 Å². The summed E-state index contributed by atoms with van der Waals surface area (Å²) in [6, 6.07) is 0. The first-order valence-electron chi connectivity index (χ1n) is 4.30. The van der Waals surface area contributed by atoms with Crippen molar-refractivity contribution in [2.45, 2.75) is 35.5 Å². The van der Waals surface area contributed by atoms with Gasteiger partial charge in [-0.2, -0.15) is 0 Å². The van der Waals surface area contributed by atoms with E-state index in [2.05, 4.69) is 66.0 Å². The number of hydrogen-bond acceptors (Lipinski definition) is 0. The van der Waals surface area contributed by atoms with Gasteiger partial charge in [0.05, 0.1) is 1.93 Å². The van der Waals surface area contributed by atoms with Crippen LogP contribution in [0, 0.1) is 17.3 Å². The lowest BCUT2D eigenvalue weighted by Gasteiger charge is -2.53. The van der Waals surface area contributed by atoms with Gasteiger partial charge in [-0.15, -0.1) is 0 Å². The summed E-state index contributed by atoms with van der Waals surface area (Å²) in [6.45, 7) is 7.17. The molecule has 0 bridgehead atoms. The zero-order chi connectivity index (χ0) is 8.65. The van der Waals surface area contributed by atoms with E-state index in [9.17, 15) is 0 Å². The van der Waals surface area contributed by atoms with Gasteiger partial charge in [0.2, 0.25) is 0 Å². The molecule has 0 aromatic rings. The van der Waals surface area contributed by atoms with Gasteiger partial charge < -0.3 is 0 Å². The van der Waals surface area contributed by atoms with Gasteiger partial charge in [0.1, 0.15) is 0 Å². The molecule has 0 saturated heterocycles. The second-order valence-corrected chi connectivity index (χ2v) is 8.88. The molecular formula is C9H16I2. The Hall–Kier alpha value is 1.46. The van der Waals surface area contributed by atoms with Gasteiger partial charge in [0, 0.05) is 0 Å². The molecule has 0 heterocycles. The lowest BCUT2D eigenvalue weighted by atomic mass is 9.55. The van der Waals surface area contributed by atoms with Crippen molar-refractivity contribution in [3.05, 3.63) is 0 Å². The van der Waals surface area contributed by atoms with Crippen molar-refractivity contribution in [2.75, 3.05) is 0 Å². The smallest absolute Gasteiger partial charge is 0.0682 e. The molecule has 1 aliphatic rings. The number of rotatable bonds is 2. The Bertz CT molecular complexity index is 144. The minimum Gasteiger partial charge on any atom is -0.0704 e. The molecule has 0 amide bonds. The van der Waals surface area contributed by atoms with Gasteiger partial charge in [0.15, 0.2) is 0 Å². The molecule has 11 heavy (non-hydrogen) atoms. The fraction of sp³-hybridized carbons (Fsp3) is 1.00. The minimum atomic E-state index is 0.634. The molecule has 0 N–H and O–H groups in total. The molecule has 0 aromatic carbocycles. The lowest BCUT2D eigenvalue weighted by Crippen LogP contribution is -2.48. The van der Waals surface area contributed by atoms with E-state index in [1.807, 2.05) is 0 Å². The second-order valence-electron chi connectivity index (χ2n) is 4.00. The Labute approximate surface area is 97.2 Å². The Kier molecular flexibility index (Phi) is 3.53. The van der Waals surface area contributed by atoms with Crippen LogP contribution in [-0.2, 0) is 0 Å². The second kappa shape index (κ2) is 3.68. The van der Waals surface area contributed by atoms with Crippen molar-refractivity contribution in [2.24, 2.45) is 17.3 Å². The lowest BCUT2D eigenvalue weighted by molar-refractivity contribution is 0.00128. The molecule has 0 aromatic heterocycles. The van der Waals surface area contributed by atoms with Crippen molar-refractivity contribution in [3.63, 3.8) is 0 Å². The first-order valence-corrected chi connectivity index (χ1v) is 6.79. The molecular weight excluding hydrogens is 362 g/mol. The normalized spacial score (nSPS) is 44.2. The Balaban J connectivity index is 2.61. The van der Waals surface area contributed by atoms with Crippen LogP contribution in [0.1, 0.15) is 33.6 Å². The summed E-state index contributed by atoms with van der Waals surface area (Å²) in [5.41, 5.74) is 0.634. The van der Waals surface area contributed by atoms with Gasteiger partial charge in [-0.05, 0) is 23.7 Å². The van der Waals surface area contributed by atoms with E-state index in [0.717, 1.165) is 13.8 Å². The van der Waals surface area contributed by atoms with Crippen LogP contribution < -0.4 is 0 Å². The van der Waals surface area contributed by atoms with Crippen molar-refractivity contribution in [3.8, 4) is 0 Å². The highest BCUT2D eigenvalue weighted by Gasteiger charge is 2.50. The summed E-state index contributed by atoms with van der Waals surface area (Å²) < 4.78 is 0.804. The molecule has 66 valence electrons. The number of hydrogen-bond donors (Lipinski definition) is 0. The first kappa shape index (κ1) is 10.5. The third-order valence-corrected chi connectivity index (χ3v) is 6.08. The molecule has 0 radical (unpaired) electrons. The van der Waals surface area contributed by atoms with Crippen molar-refractivity contribution in [1.29, 1.82) is 0 Å². The van der Waals surface area contributed by atoms with Crippen LogP contribution in [0.15, 0.2) is 0 Å². The van der Waals surface area contributed by atoms with Crippen LogP contribution in [-0.4, -0.2) is 1.93 Å². The topological polar surface area (TPSA) is 0 Å². The number of alkyl halides is 2. The quantitative estimate of drug-likeness (QED) is 0.498. The monoisotopic (exact) mass is 378 g/mol. The Morgan fingerprint density at radius 1 is 1.55 bits per heavy atom. The van der Waals surface area contributed by atoms with Crippen LogP contribution in [0.4, 0.5) is 0 Å². The first-order chi connectivity index (χ1) is 5.02. The highest BCUT2D eigenvalue weighted by atomic mass is 127. The van der Waals surface area contributed by atoms with Gasteiger partial charge in [-0.25, -0.2) is 0 Å². The largest absolute Gasteiger partial charge is 0.0704 e. The van der Waals surface area contributed by atoms with Crippen LogP contribution in [0.5, 0.6) is 0 Å². The van der Waals surface area contributed by atoms with Crippen LogP contribution >= 0.6 is 45.2 Å². The molecule has 1 rings (SSSR count). The molecule has 0 spiro atoms. The van der Waals surface area contributed by atoms with Crippen LogP contribution in [0.2, 0.25) is 0 Å². The molecule has 3 atom stereocenters. The molecule has 0 aliphatic heterocycles. The Morgan fingerprint density at radius 2 is 2.09 bits per heavy atom. The van der Waals surface area contributed by atoms with E-state index in [0.29, 0.717) is 5.41 Å². The van der Waals surface area contributed by atoms with E-state index < -0.39 is 0 Å². The maximum atomic E-state index is 2.57. The van der Waals surface area contributed by atoms with Crippen molar-refractivity contribution >= 4 is 45.2 Å². The van der Waals surface area contributed by atoms with E-state index in [1.165, 1.54) is 12.8 Å². The molecule has 1 fully saturated rings. The van der Waals surface area contributed by atoms with E-state index in [4.69, 9.17) is 0 Å². The SMILES string of the molecule is CC[C@@H]1C(C)CC1(C)C(I)I. The predicted molar refractivity (Wildman–Crippen MR) is 67.5 cm³/mol. The minimum absolute atomic E-state index is 0.634. The highest BCUT2D eigenvalue weighted by Crippen LogP contribution is 2.58. The van der Waals surface area contributed by atoms with Gasteiger partial charge in [-0.1, -0.05) is 72.4 Å². The van der Waals surface area contributed by atoms with Gasteiger partial charge >= 0.3 is 0 Å². The Morgan fingerprint density at radius 3 is 2.27 bits per heavy atom. The van der Waals surface area contributed by atoms with Crippen LogP contribution in [0.25, 0.3) is 0 Å². The zero-order valence-electron chi connectivity index (χ0n) is 7.40. The van der Waals surface area contributed by atoms with Crippen LogP contribution in [0.3, 0.4) is 0 Å². The summed E-state index contributed by atoms with van der Waals surface area (Å²) in [6.07, 6.45) is 2.79. The molecule has 1 aliphatic carbocycles. The summed E-state index contributed by atoms with van der Waals surface area (Å²) in [7, 11) is 0. The summed E-state index contributed by atoms with van der Waals surface area (Å²) >= 11 is 5.14. The fourth-order valence-corrected chi connectivity index (χ4v) is 4.03. The summed E-state index contributed by atoms with van der Waals surface area (Å²) in [4.78, 5) is 0. The average molecular weight is 378 g/mol. The van der Waals surface area contributed by atoms with Gasteiger partial charge in [-0.3, -0.25) is 0 Å². The standard InChI is InChI=1S/C9H16I2/c1-4-7-6(2)5-9(7,3)8(10)11/h6-8H,4-5H2,1-3H3/t6?,7-,9?/m1/s1. The average Bonchev–Trinajstić information content (AvgIpc) is 1.87. The van der Waals surface area contributed by atoms with E-state index >= 15 is 0 Å². The van der Waals surface area contributed by atoms with E-state index in [-0.39, 0.29) is 0 Å². The maximum absolute atomic E-state index is 2.57. The summed E-state index contributed by atoms with van der Waals surface area (Å²) in [5.74, 6) is 1.94. The third kappa shape index (κ3) is 1.71. The zero-order valence-corrected chi connectivity index (χ0v) is 11.7. The molecule has 0 nitrogen and oxygen atoms in total. The number of halogens is 2. The fourth-order valence-electron chi connectivity index (χ4n) is 2.60. The van der Waals surface area contributed by atoms with Crippen molar-refractivity contribution in [1.82, 2.24) is 0 Å². The molecule has 2 heteroatoms. The third-order valence-electron chi connectivity index (χ3n) is 3.23. The van der Waals surface area contributed by atoms with E-state index in [1.54, 1.807) is 0 Å². The molecule has 1 saturated carbocycles. The predicted octanol–water partition coefficient (Wildman–Crippen LogP) is 4.25.